The number of carbonyl (C=O) groups excluding carboxylic acids is 1. The summed E-state index contributed by atoms with van der Waals surface area (Å²) in [5.41, 5.74) is 0. The van der Waals surface area contributed by atoms with Crippen LogP contribution >= 0.6 is 0 Å². The Morgan fingerprint density at radius 1 is 1.79 bits per heavy atom. The number of terminal acetylenes is 1. The van der Waals surface area contributed by atoms with E-state index in [1.807, 2.05) is 0 Å². The van der Waals surface area contributed by atoms with Gasteiger partial charge in [0.1, 0.15) is 0 Å². The van der Waals surface area contributed by atoms with E-state index < -0.39 is 18.6 Å². The molecule has 0 radical (unpaired) electrons. The number of hydrogen-bond acceptors (Lipinski definition) is 3. The van der Waals surface area contributed by atoms with Gasteiger partial charge in [-0.2, -0.15) is 0 Å². The molecular formula is C9H11NO4. The van der Waals surface area contributed by atoms with Crippen molar-refractivity contribution in [2.24, 2.45) is 5.92 Å². The number of nitrogens with zero attached hydrogens (tertiary/aromatic N) is 1. The van der Waals surface area contributed by atoms with Crippen LogP contribution in [0.1, 0.15) is 6.42 Å². The summed E-state index contributed by atoms with van der Waals surface area (Å²) in [5, 5.41) is 17.5. The summed E-state index contributed by atoms with van der Waals surface area (Å²) in [6, 6.07) is -1.17. The fourth-order valence-electron chi connectivity index (χ4n) is 1.45. The molecular weight excluding hydrogens is 186 g/mol. The second kappa shape index (κ2) is 4.11. The lowest BCUT2D eigenvalue weighted by Crippen LogP contribution is -2.44. The molecule has 5 nitrogen and oxygen atoms in total. The third-order valence-corrected chi connectivity index (χ3v) is 2.23. The van der Waals surface area contributed by atoms with Crippen LogP contribution in [0.25, 0.3) is 0 Å². The number of aliphatic hydroxyl groups is 1. The van der Waals surface area contributed by atoms with Gasteiger partial charge in [0.2, 0.25) is 5.91 Å². The zero-order valence-electron chi connectivity index (χ0n) is 7.51. The molecule has 0 aromatic heterocycles. The number of hydrogen-bond donors (Lipinski definition) is 2. The van der Waals surface area contributed by atoms with E-state index in [9.17, 15) is 9.59 Å². The minimum Gasteiger partial charge on any atom is -0.480 e. The topological polar surface area (TPSA) is 77.8 Å². The molecule has 0 aromatic carbocycles. The molecule has 2 unspecified atom stereocenters. The molecule has 76 valence electrons. The third kappa shape index (κ3) is 1.86. The number of carboxylic acids is 1. The molecule has 0 aliphatic carbocycles. The monoisotopic (exact) mass is 197 g/mol. The number of carbonyl (C=O) groups is 2. The summed E-state index contributed by atoms with van der Waals surface area (Å²) >= 11 is 0. The van der Waals surface area contributed by atoms with Gasteiger partial charge in [0, 0.05) is 18.9 Å². The molecule has 5 heteroatoms. The van der Waals surface area contributed by atoms with Crippen LogP contribution in [0.4, 0.5) is 0 Å². The summed E-state index contributed by atoms with van der Waals surface area (Å²) in [7, 11) is 0. The lowest BCUT2D eigenvalue weighted by Gasteiger charge is -2.22. The summed E-state index contributed by atoms with van der Waals surface area (Å²) in [5.74, 6) is 0.645. The Labute approximate surface area is 81.3 Å². The van der Waals surface area contributed by atoms with E-state index in [4.69, 9.17) is 16.6 Å². The van der Waals surface area contributed by atoms with Gasteiger partial charge in [0.15, 0.2) is 6.04 Å². The van der Waals surface area contributed by atoms with Crippen LogP contribution in [0.3, 0.4) is 0 Å². The molecule has 0 spiro atoms. The highest BCUT2D eigenvalue weighted by Crippen LogP contribution is 2.19. The Kier molecular flexibility index (Phi) is 3.10. The van der Waals surface area contributed by atoms with Gasteiger partial charge >= 0.3 is 5.97 Å². The quantitative estimate of drug-likeness (QED) is 0.564. The molecule has 1 aliphatic rings. The summed E-state index contributed by atoms with van der Waals surface area (Å²) in [6.45, 7) is -0.370. The highest BCUT2D eigenvalue weighted by Gasteiger charge is 2.36. The van der Waals surface area contributed by atoms with Crippen molar-refractivity contribution >= 4 is 11.9 Å². The van der Waals surface area contributed by atoms with E-state index in [1.54, 1.807) is 0 Å². The van der Waals surface area contributed by atoms with Crippen molar-refractivity contribution in [3.8, 4) is 12.3 Å². The first kappa shape index (κ1) is 10.5. The molecule has 1 rings (SSSR count). The average molecular weight is 197 g/mol. The van der Waals surface area contributed by atoms with Crippen molar-refractivity contribution in [2.75, 3.05) is 13.2 Å². The van der Waals surface area contributed by atoms with Crippen LogP contribution in [0.2, 0.25) is 0 Å². The number of rotatable bonds is 3. The first-order valence-electron chi connectivity index (χ1n) is 4.19. The van der Waals surface area contributed by atoms with Crippen molar-refractivity contribution in [2.45, 2.75) is 12.5 Å². The zero-order valence-corrected chi connectivity index (χ0v) is 7.51. The van der Waals surface area contributed by atoms with Gasteiger partial charge in [-0.05, 0) is 0 Å². The SMILES string of the molecule is C#CC1CC(=O)N(C(CO)C(=O)O)C1. The Morgan fingerprint density at radius 3 is 2.79 bits per heavy atom. The lowest BCUT2D eigenvalue weighted by atomic mass is 10.1. The van der Waals surface area contributed by atoms with Gasteiger partial charge in [-0.15, -0.1) is 12.3 Å². The fraction of sp³-hybridized carbons (Fsp3) is 0.556. The van der Waals surface area contributed by atoms with Crippen molar-refractivity contribution in [1.29, 1.82) is 0 Å². The number of carboxylic acid groups (broad SMARTS) is 1. The summed E-state index contributed by atoms with van der Waals surface area (Å²) < 4.78 is 0. The molecule has 0 aromatic rings. The molecule has 2 atom stereocenters. The van der Waals surface area contributed by atoms with Crippen LogP contribution in [-0.4, -0.2) is 46.2 Å². The predicted molar refractivity (Wildman–Crippen MR) is 47.2 cm³/mol. The highest BCUT2D eigenvalue weighted by atomic mass is 16.4. The summed E-state index contributed by atoms with van der Waals surface area (Å²) in [4.78, 5) is 23.1. The maximum absolute atomic E-state index is 11.3. The van der Waals surface area contributed by atoms with E-state index in [-0.39, 0.29) is 24.8 Å². The number of aliphatic hydroxyl groups excluding tert-OH is 1. The minimum absolute atomic E-state index is 0.167. The summed E-state index contributed by atoms with van der Waals surface area (Å²) in [6.07, 6.45) is 5.30. The van der Waals surface area contributed by atoms with Crippen molar-refractivity contribution in [3.63, 3.8) is 0 Å². The molecule has 14 heavy (non-hydrogen) atoms. The molecule has 1 amide bonds. The van der Waals surface area contributed by atoms with Crippen LogP contribution in [0.15, 0.2) is 0 Å². The van der Waals surface area contributed by atoms with Gasteiger partial charge in [-0.25, -0.2) is 4.79 Å². The van der Waals surface area contributed by atoms with E-state index in [0.29, 0.717) is 0 Å². The Hall–Kier alpha value is -1.54. The van der Waals surface area contributed by atoms with Crippen LogP contribution in [0, 0.1) is 18.3 Å². The van der Waals surface area contributed by atoms with Gasteiger partial charge in [-0.1, -0.05) is 0 Å². The van der Waals surface area contributed by atoms with Crippen LogP contribution in [0.5, 0.6) is 0 Å². The molecule has 0 bridgehead atoms. The molecule has 1 heterocycles. The Balaban J connectivity index is 2.74. The van der Waals surface area contributed by atoms with Gasteiger partial charge in [-0.3, -0.25) is 4.79 Å². The van der Waals surface area contributed by atoms with Gasteiger partial charge in [0.25, 0.3) is 0 Å². The van der Waals surface area contributed by atoms with Crippen LogP contribution in [-0.2, 0) is 9.59 Å². The first-order valence-corrected chi connectivity index (χ1v) is 4.19. The molecule has 2 N–H and O–H groups in total. The second-order valence-electron chi connectivity index (χ2n) is 3.15. The van der Waals surface area contributed by atoms with E-state index in [0.717, 1.165) is 4.90 Å². The molecule has 1 aliphatic heterocycles. The standard InChI is InChI=1S/C9H11NO4/c1-2-6-3-8(12)10(4-6)7(5-11)9(13)14/h1,6-7,11H,3-5H2,(H,13,14). The van der Waals surface area contributed by atoms with Crippen molar-refractivity contribution in [3.05, 3.63) is 0 Å². The van der Waals surface area contributed by atoms with Gasteiger partial charge in [0.05, 0.1) is 6.61 Å². The molecule has 0 saturated carbocycles. The maximum Gasteiger partial charge on any atom is 0.328 e. The predicted octanol–water partition coefficient (Wildman–Crippen LogP) is -1.09. The highest BCUT2D eigenvalue weighted by molar-refractivity contribution is 5.85. The second-order valence-corrected chi connectivity index (χ2v) is 3.15. The minimum atomic E-state index is -1.21. The first-order chi connectivity index (χ1) is 6.60. The van der Waals surface area contributed by atoms with Crippen LogP contribution < -0.4 is 0 Å². The largest absolute Gasteiger partial charge is 0.480 e. The number of likely N-dealkylation sites (tertiary alicyclic amines) is 1. The number of aliphatic carboxylic acids is 1. The average Bonchev–Trinajstić information content (AvgIpc) is 2.48. The Bertz CT molecular complexity index is 294. The fourth-order valence-corrected chi connectivity index (χ4v) is 1.45. The number of amides is 1. The van der Waals surface area contributed by atoms with E-state index in [1.165, 1.54) is 0 Å². The molecule has 1 fully saturated rings. The Morgan fingerprint density at radius 2 is 2.43 bits per heavy atom. The zero-order chi connectivity index (χ0) is 10.7. The van der Waals surface area contributed by atoms with Crippen molar-refractivity contribution in [1.82, 2.24) is 4.90 Å². The molecule has 1 saturated heterocycles. The van der Waals surface area contributed by atoms with Crippen molar-refractivity contribution < 1.29 is 19.8 Å². The van der Waals surface area contributed by atoms with E-state index >= 15 is 0 Å². The third-order valence-electron chi connectivity index (χ3n) is 2.23. The lowest BCUT2D eigenvalue weighted by molar-refractivity contribution is -0.149. The smallest absolute Gasteiger partial charge is 0.328 e. The normalized spacial score (nSPS) is 23.3. The maximum atomic E-state index is 11.3. The van der Waals surface area contributed by atoms with E-state index in [2.05, 4.69) is 5.92 Å². The van der Waals surface area contributed by atoms with Gasteiger partial charge < -0.3 is 15.1 Å².